The Morgan fingerprint density at radius 1 is 1.30 bits per heavy atom. The van der Waals surface area contributed by atoms with Crippen molar-refractivity contribution in [3.63, 3.8) is 0 Å². The van der Waals surface area contributed by atoms with Crippen molar-refractivity contribution in [2.24, 2.45) is 5.73 Å². The molecular formula is C17H20N4O2. The molecule has 1 saturated carbocycles. The second-order valence-electron chi connectivity index (χ2n) is 6.55. The molecule has 0 radical (unpaired) electrons. The number of likely N-dealkylation sites (tertiary alicyclic amines) is 1. The van der Waals surface area contributed by atoms with Crippen molar-refractivity contribution < 1.29 is 9.32 Å². The molecule has 1 amide bonds. The number of nitrogens with two attached hydrogens (primary N) is 1. The maximum atomic E-state index is 11.8. The molecular weight excluding hydrogens is 292 g/mol. The molecule has 1 aliphatic heterocycles. The minimum Gasteiger partial charge on any atom is -0.338 e. The van der Waals surface area contributed by atoms with E-state index in [9.17, 15) is 4.79 Å². The Morgan fingerprint density at radius 2 is 2.17 bits per heavy atom. The van der Waals surface area contributed by atoms with Gasteiger partial charge in [0.05, 0.1) is 5.54 Å². The lowest BCUT2D eigenvalue weighted by Gasteiger charge is -2.34. The Kier molecular flexibility index (Phi) is 3.41. The highest BCUT2D eigenvalue weighted by Crippen LogP contribution is 2.37. The third kappa shape index (κ3) is 2.63. The molecule has 1 aliphatic carbocycles. The zero-order valence-electron chi connectivity index (χ0n) is 13.0. The molecule has 2 fully saturated rings. The van der Waals surface area contributed by atoms with E-state index in [2.05, 4.69) is 10.1 Å². The van der Waals surface area contributed by atoms with Crippen LogP contribution in [0.25, 0.3) is 11.5 Å². The minimum absolute atomic E-state index is 0.227. The number of rotatable bonds is 4. The zero-order chi connectivity index (χ0) is 15.9. The fourth-order valence-electron chi connectivity index (χ4n) is 3.22. The van der Waals surface area contributed by atoms with Crippen molar-refractivity contribution in [2.75, 3.05) is 6.54 Å². The van der Waals surface area contributed by atoms with Crippen LogP contribution in [0.3, 0.4) is 0 Å². The van der Waals surface area contributed by atoms with Crippen LogP contribution in [0.2, 0.25) is 0 Å². The average molecular weight is 312 g/mol. The van der Waals surface area contributed by atoms with E-state index in [1.54, 1.807) is 0 Å². The molecule has 1 aromatic heterocycles. The molecule has 1 saturated heterocycles. The van der Waals surface area contributed by atoms with Gasteiger partial charge in [0.15, 0.2) is 5.82 Å². The topological polar surface area (TPSA) is 85.2 Å². The summed E-state index contributed by atoms with van der Waals surface area (Å²) in [5.41, 5.74) is 7.77. The monoisotopic (exact) mass is 312 g/mol. The number of hydrogen-bond donors (Lipinski definition) is 1. The molecule has 120 valence electrons. The van der Waals surface area contributed by atoms with Gasteiger partial charge in [-0.2, -0.15) is 4.98 Å². The van der Waals surface area contributed by atoms with Crippen LogP contribution >= 0.6 is 0 Å². The van der Waals surface area contributed by atoms with Crippen molar-refractivity contribution in [3.8, 4) is 11.5 Å². The number of amides is 1. The summed E-state index contributed by atoms with van der Waals surface area (Å²) in [5.74, 6) is 1.32. The number of carbonyl (C=O) groups excluding carboxylic acids is 1. The summed E-state index contributed by atoms with van der Waals surface area (Å²) in [5, 5.41) is 4.06. The van der Waals surface area contributed by atoms with Gasteiger partial charge in [0.25, 0.3) is 5.89 Å². The van der Waals surface area contributed by atoms with Crippen LogP contribution in [0.5, 0.6) is 0 Å². The van der Waals surface area contributed by atoms with E-state index in [4.69, 9.17) is 10.3 Å². The van der Waals surface area contributed by atoms with Gasteiger partial charge in [0.1, 0.15) is 0 Å². The van der Waals surface area contributed by atoms with Gasteiger partial charge in [0.2, 0.25) is 5.91 Å². The maximum Gasteiger partial charge on any atom is 0.258 e. The first-order valence-electron chi connectivity index (χ1n) is 8.14. The smallest absolute Gasteiger partial charge is 0.258 e. The Balaban J connectivity index is 1.55. The van der Waals surface area contributed by atoms with Gasteiger partial charge in [-0.15, -0.1) is 0 Å². The molecule has 0 atom stereocenters. The predicted octanol–water partition coefficient (Wildman–Crippen LogP) is 2.20. The minimum atomic E-state index is -0.415. The SMILES string of the molecule is NC1(c2noc(-c3cccc(CN4CCCC4=O)c3)n2)CCC1. The number of carbonyl (C=O) groups is 1. The van der Waals surface area contributed by atoms with Gasteiger partial charge in [-0.3, -0.25) is 4.79 Å². The van der Waals surface area contributed by atoms with E-state index in [1.807, 2.05) is 29.2 Å². The van der Waals surface area contributed by atoms with E-state index < -0.39 is 5.54 Å². The molecule has 6 heteroatoms. The molecule has 1 aromatic carbocycles. The molecule has 6 nitrogen and oxygen atoms in total. The van der Waals surface area contributed by atoms with Crippen LogP contribution < -0.4 is 5.73 Å². The maximum absolute atomic E-state index is 11.8. The quantitative estimate of drug-likeness (QED) is 0.935. The van der Waals surface area contributed by atoms with Crippen LogP contribution in [-0.2, 0) is 16.9 Å². The second-order valence-corrected chi connectivity index (χ2v) is 6.55. The summed E-state index contributed by atoms with van der Waals surface area (Å²) in [6.07, 6.45) is 4.53. The average Bonchev–Trinajstić information content (AvgIpc) is 3.16. The van der Waals surface area contributed by atoms with E-state index in [-0.39, 0.29) is 5.91 Å². The number of nitrogens with zero attached hydrogens (tertiary/aromatic N) is 3. The van der Waals surface area contributed by atoms with Gasteiger partial charge in [0, 0.05) is 25.1 Å². The van der Waals surface area contributed by atoms with Crippen molar-refractivity contribution in [3.05, 3.63) is 35.7 Å². The van der Waals surface area contributed by atoms with E-state index in [0.717, 1.165) is 43.4 Å². The fourth-order valence-corrected chi connectivity index (χ4v) is 3.22. The highest BCUT2D eigenvalue weighted by molar-refractivity contribution is 5.78. The first-order valence-corrected chi connectivity index (χ1v) is 8.14. The number of aromatic nitrogens is 2. The van der Waals surface area contributed by atoms with Crippen molar-refractivity contribution in [1.82, 2.24) is 15.0 Å². The zero-order valence-corrected chi connectivity index (χ0v) is 13.0. The molecule has 23 heavy (non-hydrogen) atoms. The van der Waals surface area contributed by atoms with Crippen molar-refractivity contribution in [2.45, 2.75) is 44.2 Å². The summed E-state index contributed by atoms with van der Waals surface area (Å²) in [6.45, 7) is 1.47. The van der Waals surface area contributed by atoms with Crippen molar-refractivity contribution >= 4 is 5.91 Å². The third-order valence-electron chi connectivity index (χ3n) is 4.84. The Bertz CT molecular complexity index is 736. The largest absolute Gasteiger partial charge is 0.338 e. The number of benzene rings is 1. The Hall–Kier alpha value is -2.21. The molecule has 2 heterocycles. The van der Waals surface area contributed by atoms with Crippen LogP contribution in [0.15, 0.2) is 28.8 Å². The first kappa shape index (κ1) is 14.4. The highest BCUT2D eigenvalue weighted by Gasteiger charge is 2.39. The van der Waals surface area contributed by atoms with Crippen LogP contribution in [0.4, 0.5) is 0 Å². The van der Waals surface area contributed by atoms with Crippen LogP contribution in [0, 0.1) is 0 Å². The fraction of sp³-hybridized carbons (Fsp3) is 0.471. The molecule has 0 spiro atoms. The highest BCUT2D eigenvalue weighted by atomic mass is 16.5. The standard InChI is InChI=1S/C17H20N4O2/c18-17(7-3-8-17)16-19-15(23-20-16)13-5-1-4-12(10-13)11-21-9-2-6-14(21)22/h1,4-5,10H,2-3,6-9,11,18H2. The second kappa shape index (κ2) is 5.45. The summed E-state index contributed by atoms with van der Waals surface area (Å²) in [7, 11) is 0. The van der Waals surface area contributed by atoms with E-state index in [0.29, 0.717) is 24.7 Å². The summed E-state index contributed by atoms with van der Waals surface area (Å²) in [4.78, 5) is 18.1. The predicted molar refractivity (Wildman–Crippen MR) is 84.1 cm³/mol. The van der Waals surface area contributed by atoms with Crippen LogP contribution in [0.1, 0.15) is 43.5 Å². The summed E-state index contributed by atoms with van der Waals surface area (Å²) >= 11 is 0. The Labute approximate surface area is 134 Å². The molecule has 0 unspecified atom stereocenters. The summed E-state index contributed by atoms with van der Waals surface area (Å²) in [6, 6.07) is 7.92. The summed E-state index contributed by atoms with van der Waals surface area (Å²) < 4.78 is 5.40. The first-order chi connectivity index (χ1) is 11.1. The van der Waals surface area contributed by atoms with Gasteiger partial charge < -0.3 is 15.2 Å². The van der Waals surface area contributed by atoms with E-state index in [1.165, 1.54) is 0 Å². The molecule has 2 N–H and O–H groups in total. The van der Waals surface area contributed by atoms with Gasteiger partial charge >= 0.3 is 0 Å². The molecule has 0 bridgehead atoms. The lowest BCUT2D eigenvalue weighted by Crippen LogP contribution is -2.44. The number of hydrogen-bond acceptors (Lipinski definition) is 5. The van der Waals surface area contributed by atoms with Gasteiger partial charge in [-0.05, 0) is 43.4 Å². The normalized spacial score (nSPS) is 19.9. The third-order valence-corrected chi connectivity index (χ3v) is 4.84. The lowest BCUT2D eigenvalue weighted by atomic mass is 9.77. The van der Waals surface area contributed by atoms with Gasteiger partial charge in [-0.25, -0.2) is 0 Å². The van der Waals surface area contributed by atoms with E-state index >= 15 is 0 Å². The Morgan fingerprint density at radius 3 is 2.87 bits per heavy atom. The van der Waals surface area contributed by atoms with Gasteiger partial charge in [-0.1, -0.05) is 17.3 Å². The molecule has 2 aliphatic rings. The lowest BCUT2D eigenvalue weighted by molar-refractivity contribution is -0.128. The molecule has 4 rings (SSSR count). The van der Waals surface area contributed by atoms with Crippen molar-refractivity contribution in [1.29, 1.82) is 0 Å². The molecule has 2 aromatic rings. The van der Waals surface area contributed by atoms with Crippen LogP contribution in [-0.4, -0.2) is 27.5 Å².